The number of H-pyrrole nitrogens is 1. The van der Waals surface area contributed by atoms with E-state index in [4.69, 9.17) is 11.2 Å². The molecule has 0 spiro atoms. The van der Waals surface area contributed by atoms with Crippen LogP contribution in [0.1, 0.15) is 60.5 Å². The molecule has 2 aromatic carbocycles. The second-order valence-corrected chi connectivity index (χ2v) is 9.15. The van der Waals surface area contributed by atoms with E-state index in [1.54, 1.807) is 19.1 Å². The Morgan fingerprint density at radius 2 is 2.00 bits per heavy atom. The highest BCUT2D eigenvalue weighted by Gasteiger charge is 2.29. The van der Waals surface area contributed by atoms with E-state index in [1.165, 1.54) is 5.56 Å². The molecule has 3 aromatic rings. The highest BCUT2D eigenvalue weighted by atomic mass is 16.6. The number of fused-ring (bicyclic) bond motifs is 2. The molecule has 0 radical (unpaired) electrons. The third-order valence-corrected chi connectivity index (χ3v) is 5.60. The highest BCUT2D eigenvalue weighted by molar-refractivity contribution is 5.90. The van der Waals surface area contributed by atoms with Crippen molar-refractivity contribution in [3.8, 4) is 12.3 Å². The van der Waals surface area contributed by atoms with E-state index < -0.39 is 5.60 Å². The van der Waals surface area contributed by atoms with Gasteiger partial charge in [-0.1, -0.05) is 5.92 Å². The topological polar surface area (TPSA) is 75.3 Å². The minimum atomic E-state index is -0.549. The predicted molar refractivity (Wildman–Crippen MR) is 126 cm³/mol. The Morgan fingerprint density at radius 3 is 2.66 bits per heavy atom. The number of esters is 1. The first-order valence-corrected chi connectivity index (χ1v) is 10.7. The fraction of sp³-hybridized carbons (Fsp3) is 0.346. The van der Waals surface area contributed by atoms with E-state index in [2.05, 4.69) is 20.8 Å². The summed E-state index contributed by atoms with van der Waals surface area (Å²) in [6, 6.07) is 11.3. The van der Waals surface area contributed by atoms with Gasteiger partial charge in [0.15, 0.2) is 0 Å². The molecule has 1 N–H and O–H groups in total. The van der Waals surface area contributed by atoms with Gasteiger partial charge >= 0.3 is 5.97 Å². The number of ether oxygens (including phenoxy) is 1. The Bertz CT molecular complexity index is 1280. The number of terminal acetylenes is 1. The molecule has 0 aliphatic heterocycles. The molecule has 1 heterocycles. The van der Waals surface area contributed by atoms with E-state index in [9.17, 15) is 9.59 Å². The van der Waals surface area contributed by atoms with Gasteiger partial charge in [-0.05, 0) is 88.1 Å². The van der Waals surface area contributed by atoms with Crippen molar-refractivity contribution >= 4 is 22.6 Å². The summed E-state index contributed by atoms with van der Waals surface area (Å²) in [6.45, 7) is 7.73. The van der Waals surface area contributed by atoms with Crippen molar-refractivity contribution in [2.75, 3.05) is 11.4 Å². The lowest BCUT2D eigenvalue weighted by atomic mass is 10.0. The molecule has 4 rings (SSSR count). The standard InChI is InChI=1S/C26H27N3O3/c1-6-13-29(19-10-7-17(8-11-19)25(31)32-26(3,4)5)23-12-9-18-14-22-21(15-20(18)23)24(30)28-16(2)27-22/h1,7-8,10-11,14-15,23H,9,12-13H2,2-5H3,(H,27,28,30)/t23-/m1/s1. The summed E-state index contributed by atoms with van der Waals surface area (Å²) in [5, 5.41) is 0.585. The largest absolute Gasteiger partial charge is 0.456 e. The Hall–Kier alpha value is -3.59. The van der Waals surface area contributed by atoms with E-state index in [1.807, 2.05) is 45.0 Å². The van der Waals surface area contributed by atoms with Gasteiger partial charge in [0.2, 0.25) is 0 Å². The molecule has 0 bridgehead atoms. The maximum Gasteiger partial charge on any atom is 0.338 e. The number of aromatic amines is 1. The van der Waals surface area contributed by atoms with E-state index in [0.29, 0.717) is 23.3 Å². The number of aryl methyl sites for hydroxylation is 2. The second kappa shape index (κ2) is 8.16. The molecular formula is C26H27N3O3. The van der Waals surface area contributed by atoms with E-state index >= 15 is 0 Å². The first-order valence-electron chi connectivity index (χ1n) is 10.7. The summed E-state index contributed by atoms with van der Waals surface area (Å²) >= 11 is 0. The van der Waals surface area contributed by atoms with Gasteiger partial charge in [0.1, 0.15) is 11.4 Å². The summed E-state index contributed by atoms with van der Waals surface area (Å²) in [5.41, 5.74) is 3.74. The molecule has 0 saturated heterocycles. The van der Waals surface area contributed by atoms with Gasteiger partial charge in [0.05, 0.1) is 29.1 Å². The number of benzene rings is 2. The van der Waals surface area contributed by atoms with Gasteiger partial charge in [-0.3, -0.25) is 4.79 Å². The lowest BCUT2D eigenvalue weighted by molar-refractivity contribution is 0.00695. The summed E-state index contributed by atoms with van der Waals surface area (Å²) in [5.74, 6) is 3.01. The summed E-state index contributed by atoms with van der Waals surface area (Å²) in [7, 11) is 0. The first-order chi connectivity index (χ1) is 15.2. The quantitative estimate of drug-likeness (QED) is 0.494. The SMILES string of the molecule is C#CCN(c1ccc(C(=O)OC(C)(C)C)cc1)[C@@H]1CCc2cc3nc(C)[nH]c(=O)c3cc21. The van der Waals surface area contributed by atoms with Crippen molar-refractivity contribution in [1.82, 2.24) is 9.97 Å². The van der Waals surface area contributed by atoms with Crippen LogP contribution in [0.15, 0.2) is 41.2 Å². The number of nitrogens with one attached hydrogen (secondary N) is 1. The van der Waals surface area contributed by atoms with Gasteiger partial charge in [-0.2, -0.15) is 0 Å². The highest BCUT2D eigenvalue weighted by Crippen LogP contribution is 2.39. The monoisotopic (exact) mass is 429 g/mol. The third-order valence-electron chi connectivity index (χ3n) is 5.60. The molecule has 1 atom stereocenters. The average molecular weight is 430 g/mol. The Kier molecular flexibility index (Phi) is 5.52. The van der Waals surface area contributed by atoms with Crippen LogP contribution < -0.4 is 10.5 Å². The number of aromatic nitrogens is 2. The van der Waals surface area contributed by atoms with Crippen LogP contribution >= 0.6 is 0 Å². The van der Waals surface area contributed by atoms with Crippen LogP contribution in [0.3, 0.4) is 0 Å². The van der Waals surface area contributed by atoms with Crippen molar-refractivity contribution in [3.05, 3.63) is 69.3 Å². The molecule has 0 unspecified atom stereocenters. The lowest BCUT2D eigenvalue weighted by Gasteiger charge is -2.30. The van der Waals surface area contributed by atoms with Crippen molar-refractivity contribution in [1.29, 1.82) is 0 Å². The van der Waals surface area contributed by atoms with Crippen LogP contribution in [0.2, 0.25) is 0 Å². The lowest BCUT2D eigenvalue weighted by Crippen LogP contribution is -2.28. The van der Waals surface area contributed by atoms with Gasteiger partial charge in [-0.25, -0.2) is 9.78 Å². The number of nitrogens with zero attached hydrogens (tertiary/aromatic N) is 2. The zero-order valence-corrected chi connectivity index (χ0v) is 18.9. The molecule has 6 heteroatoms. The summed E-state index contributed by atoms with van der Waals surface area (Å²) < 4.78 is 5.45. The maximum atomic E-state index is 12.5. The Labute approximate surface area is 187 Å². The number of rotatable bonds is 4. The van der Waals surface area contributed by atoms with Crippen molar-refractivity contribution in [2.45, 2.75) is 52.2 Å². The van der Waals surface area contributed by atoms with E-state index in [-0.39, 0.29) is 17.6 Å². The van der Waals surface area contributed by atoms with Crippen LogP contribution in [0.25, 0.3) is 10.9 Å². The first kappa shape index (κ1) is 21.6. The van der Waals surface area contributed by atoms with Crippen molar-refractivity contribution in [3.63, 3.8) is 0 Å². The zero-order valence-electron chi connectivity index (χ0n) is 18.9. The number of hydrogen-bond donors (Lipinski definition) is 1. The van der Waals surface area contributed by atoms with Crippen molar-refractivity contribution < 1.29 is 9.53 Å². The molecule has 1 aliphatic rings. The molecule has 164 valence electrons. The normalized spacial score (nSPS) is 15.3. The molecule has 0 amide bonds. The van der Waals surface area contributed by atoms with Gasteiger partial charge in [-0.15, -0.1) is 6.42 Å². The maximum absolute atomic E-state index is 12.5. The summed E-state index contributed by atoms with van der Waals surface area (Å²) in [4.78, 5) is 34.3. The molecule has 1 aromatic heterocycles. The average Bonchev–Trinajstić information content (AvgIpc) is 3.12. The van der Waals surface area contributed by atoms with Gasteiger partial charge < -0.3 is 14.6 Å². The van der Waals surface area contributed by atoms with Crippen LogP contribution in [-0.2, 0) is 11.2 Å². The molecule has 0 fully saturated rings. The van der Waals surface area contributed by atoms with Crippen LogP contribution in [0.4, 0.5) is 5.69 Å². The Morgan fingerprint density at radius 1 is 1.28 bits per heavy atom. The minimum Gasteiger partial charge on any atom is -0.456 e. The number of carbonyl (C=O) groups excluding carboxylic acids is 1. The van der Waals surface area contributed by atoms with Crippen LogP contribution in [0.5, 0.6) is 0 Å². The third kappa shape index (κ3) is 4.24. The van der Waals surface area contributed by atoms with Crippen LogP contribution in [-0.4, -0.2) is 28.1 Å². The number of anilines is 1. The van der Waals surface area contributed by atoms with Crippen molar-refractivity contribution in [2.24, 2.45) is 0 Å². The predicted octanol–water partition coefficient (Wildman–Crippen LogP) is 4.31. The van der Waals surface area contributed by atoms with Crippen LogP contribution in [0, 0.1) is 19.3 Å². The van der Waals surface area contributed by atoms with Gasteiger partial charge in [0, 0.05) is 5.69 Å². The molecule has 32 heavy (non-hydrogen) atoms. The molecular weight excluding hydrogens is 402 g/mol. The summed E-state index contributed by atoms with van der Waals surface area (Å²) in [6.07, 6.45) is 7.48. The number of carbonyl (C=O) groups is 1. The minimum absolute atomic E-state index is 0.0403. The number of hydrogen-bond acceptors (Lipinski definition) is 5. The molecule has 0 saturated carbocycles. The molecule has 6 nitrogen and oxygen atoms in total. The fourth-order valence-corrected chi connectivity index (χ4v) is 4.27. The fourth-order valence-electron chi connectivity index (χ4n) is 4.27. The molecule has 1 aliphatic carbocycles. The smallest absolute Gasteiger partial charge is 0.338 e. The zero-order chi connectivity index (χ0) is 23.0. The van der Waals surface area contributed by atoms with E-state index in [0.717, 1.165) is 29.6 Å². The second-order valence-electron chi connectivity index (χ2n) is 9.15. The van der Waals surface area contributed by atoms with Gasteiger partial charge in [0.25, 0.3) is 5.56 Å². The Balaban J connectivity index is 1.68.